The van der Waals surface area contributed by atoms with E-state index in [0.29, 0.717) is 13.0 Å². The summed E-state index contributed by atoms with van der Waals surface area (Å²) in [6, 6.07) is 0. The fourth-order valence-electron chi connectivity index (χ4n) is 1.03. The number of carbonyl (C=O) groups excluding carboxylic acids is 1. The smallest absolute Gasteiger partial charge is 0.312 e. The molecule has 0 aliphatic rings. The average molecular weight is 228 g/mol. The Labute approximate surface area is 91.1 Å². The third-order valence-electron chi connectivity index (χ3n) is 1.64. The molecule has 1 rings (SSSR count). The molecule has 0 unspecified atom stereocenters. The van der Waals surface area contributed by atoms with Gasteiger partial charge >= 0.3 is 5.97 Å². The van der Waals surface area contributed by atoms with Crippen LogP contribution in [0.5, 0.6) is 0 Å². The van der Waals surface area contributed by atoms with Gasteiger partial charge < -0.3 is 10.4 Å². The van der Waals surface area contributed by atoms with E-state index in [1.54, 1.807) is 0 Å². The van der Waals surface area contributed by atoms with E-state index in [1.807, 2.05) is 12.3 Å². The van der Waals surface area contributed by atoms with Crippen LogP contribution in [-0.2, 0) is 16.0 Å². The molecule has 5 nitrogen and oxygen atoms in total. The summed E-state index contributed by atoms with van der Waals surface area (Å²) in [6.07, 6.45) is 0.167. The summed E-state index contributed by atoms with van der Waals surface area (Å²) in [4.78, 5) is 25.3. The van der Waals surface area contributed by atoms with E-state index < -0.39 is 18.3 Å². The maximum Gasteiger partial charge on any atom is 0.312 e. The number of carboxylic acids is 1. The fraction of sp³-hybridized carbons (Fsp3) is 0.444. The van der Waals surface area contributed by atoms with Gasteiger partial charge in [0.2, 0.25) is 5.91 Å². The van der Waals surface area contributed by atoms with E-state index in [2.05, 4.69) is 10.3 Å². The number of aliphatic carboxylic acids is 1. The lowest BCUT2D eigenvalue weighted by molar-refractivity contribution is -0.140. The number of carboxylic acid groups (broad SMARTS) is 1. The molecule has 6 heteroatoms. The summed E-state index contributed by atoms with van der Waals surface area (Å²) < 4.78 is 0. The van der Waals surface area contributed by atoms with Crippen LogP contribution in [0.3, 0.4) is 0 Å². The van der Waals surface area contributed by atoms with E-state index in [1.165, 1.54) is 11.3 Å². The van der Waals surface area contributed by atoms with Gasteiger partial charge in [-0.2, -0.15) is 0 Å². The third kappa shape index (κ3) is 4.55. The van der Waals surface area contributed by atoms with Crippen LogP contribution in [-0.4, -0.2) is 28.5 Å². The van der Waals surface area contributed by atoms with Crippen LogP contribution in [0.25, 0.3) is 0 Å². The molecule has 1 aromatic heterocycles. The van der Waals surface area contributed by atoms with Gasteiger partial charge in [-0.1, -0.05) is 0 Å². The number of nitrogens with one attached hydrogen (secondary N) is 1. The quantitative estimate of drug-likeness (QED) is 0.723. The Kier molecular flexibility index (Phi) is 4.23. The molecule has 0 radical (unpaired) electrons. The SMILES string of the molecule is Cc1csc(CCNC(=O)CC(=O)O)n1. The van der Waals surface area contributed by atoms with Gasteiger partial charge in [0.05, 0.1) is 5.01 Å². The standard InChI is InChI=1S/C9H12N2O3S/c1-6-5-15-8(11-6)2-3-10-7(12)4-9(13)14/h5H,2-4H2,1H3,(H,10,12)(H,13,14). The molecule has 0 aliphatic carbocycles. The number of thiazole rings is 1. The molecule has 1 amide bonds. The molecule has 2 N–H and O–H groups in total. The largest absolute Gasteiger partial charge is 0.481 e. The van der Waals surface area contributed by atoms with Gasteiger partial charge in [0.1, 0.15) is 6.42 Å². The molecule has 15 heavy (non-hydrogen) atoms. The van der Waals surface area contributed by atoms with Gasteiger partial charge in [0, 0.05) is 24.0 Å². The fourth-order valence-corrected chi connectivity index (χ4v) is 1.80. The topological polar surface area (TPSA) is 79.3 Å². The molecule has 1 aromatic rings. The van der Waals surface area contributed by atoms with Crippen molar-refractivity contribution in [1.29, 1.82) is 0 Å². The van der Waals surface area contributed by atoms with Crippen molar-refractivity contribution in [3.8, 4) is 0 Å². The minimum absolute atomic E-state index is 0.430. The van der Waals surface area contributed by atoms with E-state index in [-0.39, 0.29) is 0 Å². The molecule has 0 fully saturated rings. The molecule has 0 aliphatic heterocycles. The molecule has 82 valence electrons. The maximum atomic E-state index is 10.9. The van der Waals surface area contributed by atoms with Crippen LogP contribution in [0.15, 0.2) is 5.38 Å². The maximum absolute atomic E-state index is 10.9. The number of carbonyl (C=O) groups is 2. The van der Waals surface area contributed by atoms with Crippen LogP contribution in [0.2, 0.25) is 0 Å². The van der Waals surface area contributed by atoms with E-state index in [9.17, 15) is 9.59 Å². The molecular weight excluding hydrogens is 216 g/mol. The number of hydrogen-bond acceptors (Lipinski definition) is 4. The number of aromatic nitrogens is 1. The first-order valence-corrected chi connectivity index (χ1v) is 5.35. The minimum atomic E-state index is -1.11. The van der Waals surface area contributed by atoms with Crippen molar-refractivity contribution in [3.05, 3.63) is 16.1 Å². The summed E-state index contributed by atoms with van der Waals surface area (Å²) in [7, 11) is 0. The number of nitrogens with zero attached hydrogens (tertiary/aromatic N) is 1. The van der Waals surface area contributed by atoms with Gasteiger partial charge in [0.15, 0.2) is 0 Å². The first-order chi connectivity index (χ1) is 7.08. The molecule has 0 saturated heterocycles. The van der Waals surface area contributed by atoms with Crippen molar-refractivity contribution in [1.82, 2.24) is 10.3 Å². The van der Waals surface area contributed by atoms with Crippen LogP contribution >= 0.6 is 11.3 Å². The Morgan fingerprint density at radius 1 is 1.60 bits per heavy atom. The Bertz CT molecular complexity index is 362. The zero-order valence-electron chi connectivity index (χ0n) is 8.32. The average Bonchev–Trinajstić information content (AvgIpc) is 2.50. The minimum Gasteiger partial charge on any atom is -0.481 e. The molecule has 0 aromatic carbocycles. The number of aryl methyl sites for hydroxylation is 1. The molecular formula is C9H12N2O3S. The van der Waals surface area contributed by atoms with Crippen LogP contribution < -0.4 is 5.32 Å². The Morgan fingerprint density at radius 3 is 2.87 bits per heavy atom. The highest BCUT2D eigenvalue weighted by molar-refractivity contribution is 7.09. The van der Waals surface area contributed by atoms with E-state index in [0.717, 1.165) is 10.7 Å². The number of hydrogen-bond donors (Lipinski definition) is 2. The summed E-state index contributed by atoms with van der Waals surface area (Å²) >= 11 is 1.54. The Hall–Kier alpha value is -1.43. The van der Waals surface area contributed by atoms with Crippen molar-refractivity contribution in [3.63, 3.8) is 0 Å². The number of amides is 1. The first kappa shape index (κ1) is 11.6. The van der Waals surface area contributed by atoms with Gasteiger partial charge in [-0.15, -0.1) is 11.3 Å². The summed E-state index contributed by atoms with van der Waals surface area (Å²) in [5.41, 5.74) is 0.965. The second kappa shape index (κ2) is 5.45. The van der Waals surface area contributed by atoms with E-state index >= 15 is 0 Å². The van der Waals surface area contributed by atoms with Gasteiger partial charge in [-0.3, -0.25) is 9.59 Å². The van der Waals surface area contributed by atoms with E-state index in [4.69, 9.17) is 5.11 Å². The van der Waals surface area contributed by atoms with Crippen molar-refractivity contribution in [2.45, 2.75) is 19.8 Å². The highest BCUT2D eigenvalue weighted by atomic mass is 32.1. The van der Waals surface area contributed by atoms with Crippen LogP contribution in [0.4, 0.5) is 0 Å². The van der Waals surface area contributed by atoms with Gasteiger partial charge in [0.25, 0.3) is 0 Å². The zero-order chi connectivity index (χ0) is 11.3. The lowest BCUT2D eigenvalue weighted by Crippen LogP contribution is -2.27. The second-order valence-electron chi connectivity index (χ2n) is 3.05. The van der Waals surface area contributed by atoms with Gasteiger partial charge in [-0.25, -0.2) is 4.98 Å². The molecule has 0 atom stereocenters. The monoisotopic (exact) mass is 228 g/mol. The van der Waals surface area contributed by atoms with Gasteiger partial charge in [-0.05, 0) is 6.92 Å². The van der Waals surface area contributed by atoms with Crippen LogP contribution in [0.1, 0.15) is 17.1 Å². The molecule has 0 spiro atoms. The first-order valence-electron chi connectivity index (χ1n) is 4.47. The van der Waals surface area contributed by atoms with Crippen LogP contribution in [0, 0.1) is 6.92 Å². The van der Waals surface area contributed by atoms with Crippen molar-refractivity contribution in [2.24, 2.45) is 0 Å². The Balaban J connectivity index is 2.22. The lowest BCUT2D eigenvalue weighted by atomic mass is 10.4. The Morgan fingerprint density at radius 2 is 2.33 bits per heavy atom. The predicted octanol–water partition coefficient (Wildman–Crippen LogP) is 0.585. The lowest BCUT2D eigenvalue weighted by Gasteiger charge is -2.00. The third-order valence-corrected chi connectivity index (χ3v) is 2.67. The second-order valence-corrected chi connectivity index (χ2v) is 4.00. The molecule has 1 heterocycles. The van der Waals surface area contributed by atoms with Crippen molar-refractivity contribution >= 4 is 23.2 Å². The van der Waals surface area contributed by atoms with Crippen molar-refractivity contribution < 1.29 is 14.7 Å². The normalized spacial score (nSPS) is 9.93. The highest BCUT2D eigenvalue weighted by Crippen LogP contribution is 2.08. The summed E-state index contributed by atoms with van der Waals surface area (Å²) in [6.45, 7) is 2.34. The summed E-state index contributed by atoms with van der Waals surface area (Å²) in [5, 5.41) is 13.7. The summed E-state index contributed by atoms with van der Waals surface area (Å²) in [5.74, 6) is -1.58. The highest BCUT2D eigenvalue weighted by Gasteiger charge is 2.06. The zero-order valence-corrected chi connectivity index (χ0v) is 9.13. The molecule has 0 bridgehead atoms. The predicted molar refractivity (Wildman–Crippen MR) is 55.8 cm³/mol. The van der Waals surface area contributed by atoms with Crippen molar-refractivity contribution in [2.75, 3.05) is 6.54 Å². The number of rotatable bonds is 5. The molecule has 0 saturated carbocycles.